The molecule has 0 spiro atoms. The summed E-state index contributed by atoms with van der Waals surface area (Å²) in [7, 11) is -5.37. The molecule has 248 valence electrons. The zero-order chi connectivity index (χ0) is 33.0. The Morgan fingerprint density at radius 2 is 2.00 bits per heavy atom. The molecule has 3 rings (SSSR count). The molecule has 11 atom stereocenters. The molecule has 0 aliphatic carbocycles. The number of carbonyl (C=O) groups is 3. The smallest absolute Gasteiger partial charge is 0.351 e. The van der Waals surface area contributed by atoms with Crippen LogP contribution in [0.3, 0.4) is 0 Å². The predicted molar refractivity (Wildman–Crippen MR) is 135 cm³/mol. The molecule has 1 aromatic heterocycles. The van der Waals surface area contributed by atoms with Gasteiger partial charge in [0.15, 0.2) is 6.23 Å². The van der Waals surface area contributed by atoms with Crippen molar-refractivity contribution in [3.63, 3.8) is 0 Å². The summed E-state index contributed by atoms with van der Waals surface area (Å²) < 4.78 is 29.3. The van der Waals surface area contributed by atoms with Crippen molar-refractivity contribution in [2.45, 2.75) is 73.6 Å². The second-order valence-electron chi connectivity index (χ2n) is 10.0. The van der Waals surface area contributed by atoms with Gasteiger partial charge in [-0.05, 0) is 12.5 Å². The number of nitrogens with two attached hydrogens (primary N) is 1. The number of aliphatic hydroxyl groups is 6. The number of carboxylic acids is 1. The average Bonchev–Trinajstić information content (AvgIpc) is 3.23. The SMILES string of the molecule is Nc1ccn(C2OC(CCP(=O)([O-])OC3(C(=O)[O-])CC(O)C(NC(=O)CNC=O)C([C@H](O)[C@H](O)CO)O3)C(O)C2O)c(=O)n1. The van der Waals surface area contributed by atoms with Crippen LogP contribution < -0.4 is 32.1 Å². The number of hydrogen-bond acceptors (Lipinski definition) is 18. The molecule has 1 aromatic rings. The second-order valence-corrected chi connectivity index (χ2v) is 11.9. The third-order valence-electron chi connectivity index (χ3n) is 6.91. The van der Waals surface area contributed by atoms with Crippen LogP contribution in [0.25, 0.3) is 0 Å². The molecule has 9 unspecified atom stereocenters. The Labute approximate surface area is 247 Å². The van der Waals surface area contributed by atoms with E-state index in [9.17, 15) is 64.4 Å². The van der Waals surface area contributed by atoms with Gasteiger partial charge in [-0.25, -0.2) is 4.79 Å². The quantitative estimate of drug-likeness (QED) is 0.0664. The normalized spacial score (nSPS) is 33.1. The lowest BCUT2D eigenvalue weighted by Gasteiger charge is -2.50. The lowest BCUT2D eigenvalue weighted by Crippen LogP contribution is -2.70. The van der Waals surface area contributed by atoms with E-state index in [0.29, 0.717) is 0 Å². The first-order valence-corrected chi connectivity index (χ1v) is 14.7. The number of hydrogen-bond donors (Lipinski definition) is 9. The van der Waals surface area contributed by atoms with Crippen LogP contribution in [0, 0.1) is 0 Å². The molecule has 2 fully saturated rings. The molecule has 44 heavy (non-hydrogen) atoms. The summed E-state index contributed by atoms with van der Waals surface area (Å²) in [6, 6.07) is -0.516. The highest BCUT2D eigenvalue weighted by molar-refractivity contribution is 7.51. The van der Waals surface area contributed by atoms with Gasteiger partial charge in [-0.15, -0.1) is 0 Å². The Bertz CT molecular complexity index is 1300. The number of aliphatic carboxylic acids is 1. The zero-order valence-corrected chi connectivity index (χ0v) is 23.5. The van der Waals surface area contributed by atoms with E-state index >= 15 is 0 Å². The standard InChI is InChI=1S/C22H34N5O16P/c23-12-1-3-27(21(38)25-12)19-17(35)16(34)11(41-19)2-4-44(39,40)43-22(20(36)37)5-9(30)14(26-13(32)6-24-8-29)18(42-22)15(33)10(31)7-28/h1,3,8-11,14-19,28,30-31,33-35H,2,4-7H2,(H,24,29)(H,26,32)(H,36,37)(H,39,40)(H2,23,25,38)/p-2/t9?,10-,11?,14?,15-,16?,17?,18?,19?,22?/m1/s1. The van der Waals surface area contributed by atoms with Gasteiger partial charge in [-0.3, -0.25) is 14.2 Å². The number of anilines is 1. The van der Waals surface area contributed by atoms with Crippen LogP contribution in [-0.4, -0.2) is 132 Å². The van der Waals surface area contributed by atoms with Gasteiger partial charge in [0.25, 0.3) is 0 Å². The van der Waals surface area contributed by atoms with Crippen LogP contribution in [0.5, 0.6) is 0 Å². The molecule has 0 radical (unpaired) electrons. The van der Waals surface area contributed by atoms with Gasteiger partial charge in [0, 0.05) is 18.8 Å². The Kier molecular flexibility index (Phi) is 11.5. The minimum atomic E-state index is -5.37. The van der Waals surface area contributed by atoms with E-state index in [1.165, 1.54) is 6.07 Å². The molecule has 2 aliphatic heterocycles. The number of aromatic nitrogens is 2. The van der Waals surface area contributed by atoms with E-state index in [0.717, 1.165) is 10.8 Å². The highest BCUT2D eigenvalue weighted by atomic mass is 31.2. The first-order chi connectivity index (χ1) is 20.6. The van der Waals surface area contributed by atoms with Crippen molar-refractivity contribution in [2.75, 3.05) is 25.0 Å². The predicted octanol–water partition coefficient (Wildman–Crippen LogP) is -8.05. The molecule has 2 saturated heterocycles. The van der Waals surface area contributed by atoms with Crippen LogP contribution in [0.1, 0.15) is 19.1 Å². The molecular weight excluding hydrogens is 621 g/mol. The maximum atomic E-state index is 13.0. The third kappa shape index (κ3) is 7.95. The van der Waals surface area contributed by atoms with Crippen LogP contribution >= 0.6 is 7.60 Å². The van der Waals surface area contributed by atoms with Gasteiger partial charge in [-0.1, -0.05) is 0 Å². The lowest BCUT2D eigenvalue weighted by molar-refractivity contribution is -0.374. The molecule has 0 saturated carbocycles. The molecule has 2 amide bonds. The number of rotatable bonds is 14. The number of nitrogens with one attached hydrogen (secondary N) is 2. The number of amides is 2. The van der Waals surface area contributed by atoms with Crippen molar-refractivity contribution in [3.8, 4) is 0 Å². The van der Waals surface area contributed by atoms with Gasteiger partial charge in [0.05, 0.1) is 31.4 Å². The summed E-state index contributed by atoms with van der Waals surface area (Å²) in [5, 5.41) is 77.5. The van der Waals surface area contributed by atoms with Crippen molar-refractivity contribution in [1.82, 2.24) is 20.2 Å². The van der Waals surface area contributed by atoms with E-state index in [-0.39, 0.29) is 12.2 Å². The maximum Gasteiger partial charge on any atom is 0.351 e. The van der Waals surface area contributed by atoms with Crippen LogP contribution in [0.2, 0.25) is 0 Å². The van der Waals surface area contributed by atoms with Gasteiger partial charge in [0.1, 0.15) is 49.9 Å². The summed E-state index contributed by atoms with van der Waals surface area (Å²) in [4.78, 5) is 63.3. The highest BCUT2D eigenvalue weighted by Crippen LogP contribution is 2.48. The van der Waals surface area contributed by atoms with E-state index in [2.05, 4.69) is 10.3 Å². The van der Waals surface area contributed by atoms with Gasteiger partial charge < -0.3 is 80.4 Å². The van der Waals surface area contributed by atoms with E-state index < -0.39 is 118 Å². The van der Waals surface area contributed by atoms with Crippen molar-refractivity contribution in [1.29, 1.82) is 0 Å². The number of nitrogens with zero attached hydrogens (tertiary/aromatic N) is 2. The van der Waals surface area contributed by atoms with Crippen molar-refractivity contribution >= 4 is 31.7 Å². The first kappa shape index (κ1) is 35.4. The van der Waals surface area contributed by atoms with Crippen LogP contribution in [0.15, 0.2) is 17.1 Å². The zero-order valence-electron chi connectivity index (χ0n) is 22.6. The summed E-state index contributed by atoms with van der Waals surface area (Å²) in [5.74, 6) is -6.79. The Hall–Kier alpha value is -3.08. The highest BCUT2D eigenvalue weighted by Gasteiger charge is 2.54. The molecular formula is C22H32N5O16P-2. The van der Waals surface area contributed by atoms with Crippen LogP contribution in [0.4, 0.5) is 5.82 Å². The Morgan fingerprint density at radius 3 is 2.59 bits per heavy atom. The fraction of sp³-hybridized carbons (Fsp3) is 0.682. The first-order valence-electron chi connectivity index (χ1n) is 12.9. The van der Waals surface area contributed by atoms with Crippen LogP contribution in [-0.2, 0) is 32.9 Å². The monoisotopic (exact) mass is 653 g/mol. The Morgan fingerprint density at radius 1 is 1.32 bits per heavy atom. The molecule has 2 aliphatic rings. The van der Waals surface area contributed by atoms with E-state index in [4.69, 9.17) is 19.7 Å². The van der Waals surface area contributed by atoms with Gasteiger partial charge in [-0.2, -0.15) is 4.98 Å². The summed E-state index contributed by atoms with van der Waals surface area (Å²) in [5.41, 5.74) is 4.48. The van der Waals surface area contributed by atoms with Gasteiger partial charge >= 0.3 is 5.69 Å². The largest absolute Gasteiger partial charge is 0.778 e. The summed E-state index contributed by atoms with van der Waals surface area (Å²) >= 11 is 0. The van der Waals surface area contributed by atoms with E-state index in [1.807, 2.05) is 5.32 Å². The topological polar surface area (TPSA) is 348 Å². The summed E-state index contributed by atoms with van der Waals surface area (Å²) in [6.45, 7) is -1.75. The number of carboxylic acid groups (broad SMARTS) is 1. The number of nitrogen functional groups attached to an aromatic ring is 1. The molecule has 0 bridgehead atoms. The van der Waals surface area contributed by atoms with Crippen molar-refractivity contribution < 1.29 is 73.6 Å². The summed E-state index contributed by atoms with van der Waals surface area (Å²) in [6.07, 6.45) is -16.4. The van der Waals surface area contributed by atoms with Crippen molar-refractivity contribution in [2.24, 2.45) is 0 Å². The second kappa shape index (κ2) is 14.3. The Balaban J connectivity index is 1.79. The number of aliphatic hydroxyl groups excluding tert-OH is 6. The number of ether oxygens (including phenoxy) is 2. The minimum Gasteiger partial charge on any atom is -0.778 e. The molecule has 22 heteroatoms. The third-order valence-corrected chi connectivity index (χ3v) is 8.29. The van der Waals surface area contributed by atoms with Crippen molar-refractivity contribution in [3.05, 3.63) is 22.7 Å². The lowest BCUT2D eigenvalue weighted by atomic mass is 9.88. The molecule has 3 heterocycles. The molecule has 0 aromatic carbocycles. The fourth-order valence-corrected chi connectivity index (χ4v) is 6.02. The minimum absolute atomic E-state index is 0.138. The maximum absolute atomic E-state index is 13.0. The molecule has 21 nitrogen and oxygen atoms in total. The fourth-order valence-electron chi connectivity index (χ4n) is 4.72. The number of carbonyl (C=O) groups excluding carboxylic acids is 3. The molecule has 10 N–H and O–H groups in total. The van der Waals surface area contributed by atoms with Gasteiger partial charge in [0.2, 0.25) is 18.1 Å². The average molecular weight is 653 g/mol. The van der Waals surface area contributed by atoms with E-state index in [1.54, 1.807) is 0 Å².